The van der Waals surface area contributed by atoms with Crippen LogP contribution in [0.4, 0.5) is 13.2 Å². The molecule has 8 heteroatoms. The van der Waals surface area contributed by atoms with E-state index >= 15 is 0 Å². The van der Waals surface area contributed by atoms with Gasteiger partial charge in [-0.15, -0.1) is 0 Å². The minimum absolute atomic E-state index is 0.0802. The van der Waals surface area contributed by atoms with Crippen LogP contribution in [0.5, 0.6) is 0 Å². The molecular formula is C16H18F3NO4. The van der Waals surface area contributed by atoms with E-state index < -0.39 is 35.6 Å². The SMILES string of the molecule is COC(=O)[C@@H](Cc1ccccc1C(F)(F)F)NC(=O)[C@H]1CCOC1. The highest BCUT2D eigenvalue weighted by atomic mass is 19.4. The van der Waals surface area contributed by atoms with Gasteiger partial charge >= 0.3 is 12.1 Å². The van der Waals surface area contributed by atoms with Crippen LogP contribution in [-0.2, 0) is 31.7 Å². The van der Waals surface area contributed by atoms with Crippen LogP contribution < -0.4 is 5.32 Å². The van der Waals surface area contributed by atoms with Gasteiger partial charge in [-0.25, -0.2) is 4.79 Å². The molecule has 1 saturated heterocycles. The first kappa shape index (κ1) is 18.3. The molecular weight excluding hydrogens is 327 g/mol. The summed E-state index contributed by atoms with van der Waals surface area (Å²) in [6.07, 6.45) is -4.33. The van der Waals surface area contributed by atoms with Gasteiger partial charge in [-0.05, 0) is 18.1 Å². The molecule has 132 valence electrons. The summed E-state index contributed by atoms with van der Waals surface area (Å²) in [5.41, 5.74) is -0.916. The molecule has 0 unspecified atom stereocenters. The Bertz CT molecular complexity index is 597. The van der Waals surface area contributed by atoms with E-state index in [0.717, 1.165) is 13.2 Å². The van der Waals surface area contributed by atoms with E-state index in [9.17, 15) is 22.8 Å². The largest absolute Gasteiger partial charge is 0.467 e. The van der Waals surface area contributed by atoms with Crippen molar-refractivity contribution in [3.8, 4) is 0 Å². The lowest BCUT2D eigenvalue weighted by atomic mass is 9.99. The number of amides is 1. The van der Waals surface area contributed by atoms with Gasteiger partial charge in [0.25, 0.3) is 0 Å². The summed E-state index contributed by atoms with van der Waals surface area (Å²) < 4.78 is 48.9. The molecule has 0 bridgehead atoms. The van der Waals surface area contributed by atoms with Crippen LogP contribution in [0.25, 0.3) is 0 Å². The second-order valence-corrected chi connectivity index (χ2v) is 5.50. The lowest BCUT2D eigenvalue weighted by molar-refractivity contribution is -0.146. The molecule has 1 aromatic rings. The Kier molecular flexibility index (Phi) is 5.82. The maximum absolute atomic E-state index is 13.1. The lowest BCUT2D eigenvalue weighted by Crippen LogP contribution is -2.45. The molecule has 1 aliphatic heterocycles. The molecule has 24 heavy (non-hydrogen) atoms. The third-order valence-electron chi connectivity index (χ3n) is 3.85. The second-order valence-electron chi connectivity index (χ2n) is 5.50. The van der Waals surface area contributed by atoms with E-state index in [0.29, 0.717) is 13.0 Å². The van der Waals surface area contributed by atoms with Crippen molar-refractivity contribution in [1.29, 1.82) is 0 Å². The Balaban J connectivity index is 2.18. The van der Waals surface area contributed by atoms with Gasteiger partial charge < -0.3 is 14.8 Å². The number of hydrogen-bond donors (Lipinski definition) is 1. The summed E-state index contributed by atoms with van der Waals surface area (Å²) in [5.74, 6) is -1.62. The maximum atomic E-state index is 13.1. The molecule has 1 aliphatic rings. The minimum atomic E-state index is -4.54. The summed E-state index contributed by atoms with van der Waals surface area (Å²) in [6, 6.07) is 3.76. The second kappa shape index (κ2) is 7.65. The number of methoxy groups -OCH3 is 1. The minimum Gasteiger partial charge on any atom is -0.467 e. The lowest BCUT2D eigenvalue weighted by Gasteiger charge is -2.20. The fraction of sp³-hybridized carbons (Fsp3) is 0.500. The Hall–Kier alpha value is -2.09. The van der Waals surface area contributed by atoms with E-state index in [1.807, 2.05) is 0 Å². The van der Waals surface area contributed by atoms with Crippen LogP contribution in [0.2, 0.25) is 0 Å². The summed E-state index contributed by atoms with van der Waals surface area (Å²) >= 11 is 0. The van der Waals surface area contributed by atoms with E-state index in [1.54, 1.807) is 0 Å². The molecule has 1 fully saturated rings. The molecule has 1 amide bonds. The third kappa shape index (κ3) is 4.47. The fourth-order valence-electron chi connectivity index (χ4n) is 2.56. The maximum Gasteiger partial charge on any atom is 0.416 e. The molecule has 2 atom stereocenters. The van der Waals surface area contributed by atoms with Gasteiger partial charge in [-0.1, -0.05) is 18.2 Å². The summed E-state index contributed by atoms with van der Waals surface area (Å²) in [5, 5.41) is 2.48. The van der Waals surface area contributed by atoms with Crippen LogP contribution in [0.15, 0.2) is 24.3 Å². The van der Waals surface area contributed by atoms with Crippen LogP contribution in [0.1, 0.15) is 17.5 Å². The van der Waals surface area contributed by atoms with Crippen molar-refractivity contribution in [2.75, 3.05) is 20.3 Å². The number of esters is 1. The number of carbonyl (C=O) groups is 2. The highest BCUT2D eigenvalue weighted by Crippen LogP contribution is 2.32. The van der Waals surface area contributed by atoms with Crippen molar-refractivity contribution >= 4 is 11.9 Å². The number of carbonyl (C=O) groups excluding carboxylic acids is 2. The van der Waals surface area contributed by atoms with E-state index in [2.05, 4.69) is 10.1 Å². The number of ether oxygens (including phenoxy) is 2. The number of rotatable bonds is 5. The van der Waals surface area contributed by atoms with Crippen molar-refractivity contribution in [1.82, 2.24) is 5.32 Å². The first-order valence-electron chi connectivity index (χ1n) is 7.44. The predicted octanol–water partition coefficient (Wildman–Crippen LogP) is 1.94. The molecule has 2 rings (SSSR count). The van der Waals surface area contributed by atoms with Crippen molar-refractivity contribution in [3.63, 3.8) is 0 Å². The van der Waals surface area contributed by atoms with E-state index in [1.165, 1.54) is 18.2 Å². The van der Waals surface area contributed by atoms with Crippen LogP contribution in [0, 0.1) is 5.92 Å². The average molecular weight is 345 g/mol. The summed E-state index contributed by atoms with van der Waals surface area (Å²) in [6.45, 7) is 0.677. The highest BCUT2D eigenvalue weighted by Gasteiger charge is 2.35. The zero-order valence-electron chi connectivity index (χ0n) is 13.1. The van der Waals surface area contributed by atoms with Gasteiger partial charge in [0, 0.05) is 13.0 Å². The molecule has 1 aromatic carbocycles. The van der Waals surface area contributed by atoms with E-state index in [-0.39, 0.29) is 18.6 Å². The Morgan fingerprint density at radius 3 is 2.67 bits per heavy atom. The zero-order valence-corrected chi connectivity index (χ0v) is 13.1. The molecule has 0 radical (unpaired) electrons. The monoisotopic (exact) mass is 345 g/mol. The van der Waals surface area contributed by atoms with Crippen molar-refractivity contribution in [2.45, 2.75) is 25.1 Å². The topological polar surface area (TPSA) is 64.6 Å². The van der Waals surface area contributed by atoms with Crippen LogP contribution >= 0.6 is 0 Å². The normalized spacial score (nSPS) is 18.9. The number of benzene rings is 1. The Morgan fingerprint density at radius 1 is 1.38 bits per heavy atom. The van der Waals surface area contributed by atoms with Crippen LogP contribution in [0.3, 0.4) is 0 Å². The Morgan fingerprint density at radius 2 is 2.08 bits per heavy atom. The summed E-state index contributed by atoms with van der Waals surface area (Å²) in [7, 11) is 1.12. The van der Waals surface area contributed by atoms with E-state index in [4.69, 9.17) is 4.74 Å². The first-order valence-corrected chi connectivity index (χ1v) is 7.44. The highest BCUT2D eigenvalue weighted by molar-refractivity contribution is 5.86. The number of halogens is 3. The van der Waals surface area contributed by atoms with Gasteiger partial charge in [0.2, 0.25) is 5.91 Å². The molecule has 0 saturated carbocycles. The van der Waals surface area contributed by atoms with Crippen LogP contribution in [-0.4, -0.2) is 38.2 Å². The zero-order chi connectivity index (χ0) is 17.7. The molecule has 1 N–H and O–H groups in total. The quantitative estimate of drug-likeness (QED) is 0.829. The standard InChI is InChI=1S/C16H18F3NO4/c1-23-15(22)13(20-14(21)11-6-7-24-9-11)8-10-4-2-3-5-12(10)16(17,18)19/h2-5,11,13H,6-9H2,1H3,(H,20,21)/t11-,13+/m0/s1. The van der Waals surface area contributed by atoms with Crippen molar-refractivity contribution < 1.29 is 32.2 Å². The van der Waals surface area contributed by atoms with Gasteiger partial charge in [0.15, 0.2) is 0 Å². The van der Waals surface area contributed by atoms with Gasteiger partial charge in [-0.2, -0.15) is 13.2 Å². The molecule has 5 nitrogen and oxygen atoms in total. The fourth-order valence-corrected chi connectivity index (χ4v) is 2.56. The molecule has 1 heterocycles. The third-order valence-corrected chi connectivity index (χ3v) is 3.85. The van der Waals surface area contributed by atoms with Gasteiger partial charge in [-0.3, -0.25) is 4.79 Å². The number of nitrogens with one attached hydrogen (secondary N) is 1. The predicted molar refractivity (Wildman–Crippen MR) is 78.0 cm³/mol. The van der Waals surface area contributed by atoms with Gasteiger partial charge in [0.1, 0.15) is 6.04 Å². The van der Waals surface area contributed by atoms with Crippen molar-refractivity contribution in [3.05, 3.63) is 35.4 Å². The molecule has 0 spiro atoms. The average Bonchev–Trinajstić information content (AvgIpc) is 3.07. The van der Waals surface area contributed by atoms with Crippen molar-refractivity contribution in [2.24, 2.45) is 5.92 Å². The number of alkyl halides is 3. The Labute approximate surface area is 137 Å². The smallest absolute Gasteiger partial charge is 0.416 e. The summed E-state index contributed by atoms with van der Waals surface area (Å²) in [4.78, 5) is 24.0. The first-order chi connectivity index (χ1) is 11.3. The number of hydrogen-bond acceptors (Lipinski definition) is 4. The molecule has 0 aromatic heterocycles. The van der Waals surface area contributed by atoms with Gasteiger partial charge in [0.05, 0.1) is 25.2 Å². The molecule has 0 aliphatic carbocycles.